The number of aliphatic hydroxyl groups excluding tert-OH is 5. The fraction of sp³-hybridized carbons (Fsp3) is 0.857. The maximum absolute atomic E-state index is 14.2. The Morgan fingerprint density at radius 2 is 1.54 bits per heavy atom. The van der Waals surface area contributed by atoms with E-state index in [1.807, 2.05) is 0 Å². The van der Waals surface area contributed by atoms with E-state index in [4.69, 9.17) is 57.1 Å². The van der Waals surface area contributed by atoms with Gasteiger partial charge in [0.2, 0.25) is 6.29 Å². The molecule has 324 valence electrons. The summed E-state index contributed by atoms with van der Waals surface area (Å²) >= 11 is 0. The number of nitrogens with one attached hydrogen (secondary N) is 1. The monoisotopic (exact) mass is 808 g/mol. The molecule has 0 radical (unpaired) electrons. The Morgan fingerprint density at radius 3 is 2.05 bits per heavy atom. The Balaban J connectivity index is 2.07. The van der Waals surface area contributed by atoms with Crippen LogP contribution < -0.4 is 34.0 Å². The summed E-state index contributed by atoms with van der Waals surface area (Å²) in [6.07, 6.45) is -15.2. The lowest BCUT2D eigenvalue weighted by atomic mass is 9.69. The molecule has 21 heteroatoms. The number of nitrogens with two attached hydrogens (primary N) is 5. The number of carbonyl (C=O) groups is 3. The molecular weight excluding hydrogens is 744 g/mol. The fourth-order valence-electron chi connectivity index (χ4n) is 6.96. The number of aliphatic hydroxyl groups is 6. The van der Waals surface area contributed by atoms with Crippen LogP contribution in [0.25, 0.3) is 0 Å². The highest BCUT2D eigenvalue weighted by atomic mass is 16.7. The van der Waals surface area contributed by atoms with Crippen molar-refractivity contribution in [1.82, 2.24) is 5.32 Å². The van der Waals surface area contributed by atoms with Crippen molar-refractivity contribution in [3.63, 3.8) is 0 Å². The van der Waals surface area contributed by atoms with Crippen molar-refractivity contribution in [3.05, 3.63) is 11.8 Å². The molecule has 0 aromatic heterocycles. The van der Waals surface area contributed by atoms with Gasteiger partial charge in [-0.15, -0.1) is 0 Å². The third-order valence-corrected chi connectivity index (χ3v) is 10.0. The highest BCUT2D eigenvalue weighted by Gasteiger charge is 2.67. The van der Waals surface area contributed by atoms with Crippen molar-refractivity contribution in [2.24, 2.45) is 28.7 Å². The van der Waals surface area contributed by atoms with E-state index >= 15 is 0 Å². The third kappa shape index (κ3) is 9.87. The molecule has 2 heterocycles. The minimum Gasteiger partial charge on any atom is -0.466 e. The number of rotatable bonds is 13. The molecule has 16 atom stereocenters. The van der Waals surface area contributed by atoms with E-state index in [2.05, 4.69) is 5.32 Å². The average Bonchev–Trinajstić information content (AvgIpc) is 3.06. The number of likely N-dealkylation sites (N-methyl/N-ethyl adjacent to an activating group) is 1. The molecule has 0 amide bonds. The zero-order valence-electron chi connectivity index (χ0n) is 33.4. The van der Waals surface area contributed by atoms with Gasteiger partial charge in [0.05, 0.1) is 24.8 Å². The number of ketones is 1. The molecule has 3 aliphatic rings. The first-order chi connectivity index (χ1) is 25.5. The molecule has 1 saturated carbocycles. The molecule has 56 heavy (non-hydrogen) atoms. The second-order valence-corrected chi connectivity index (χ2v) is 17.1. The van der Waals surface area contributed by atoms with Gasteiger partial charge >= 0.3 is 11.9 Å². The third-order valence-electron chi connectivity index (χ3n) is 10.0. The number of esters is 2. The quantitative estimate of drug-likeness (QED) is 0.0775. The van der Waals surface area contributed by atoms with Crippen molar-refractivity contribution in [3.8, 4) is 0 Å². The van der Waals surface area contributed by atoms with Crippen LogP contribution >= 0.6 is 0 Å². The molecule has 17 N–H and O–H groups in total. The second kappa shape index (κ2) is 17.4. The highest BCUT2D eigenvalue weighted by molar-refractivity contribution is 5.97. The minimum atomic E-state index is -2.53. The van der Waals surface area contributed by atoms with Crippen molar-refractivity contribution in [2.45, 2.75) is 176 Å². The van der Waals surface area contributed by atoms with Crippen molar-refractivity contribution < 1.29 is 73.4 Å². The summed E-state index contributed by atoms with van der Waals surface area (Å²) in [5.74, 6) is -3.57. The molecule has 0 spiro atoms. The van der Waals surface area contributed by atoms with Gasteiger partial charge in [-0.25, -0.2) is 4.79 Å². The number of Topliss-reactive ketones (excluding diaryl/α,β-unsaturated/α-hetero) is 1. The molecule has 0 aromatic rings. The first-order valence-electron chi connectivity index (χ1n) is 18.4. The van der Waals surface area contributed by atoms with Crippen LogP contribution in [0.2, 0.25) is 0 Å². The maximum atomic E-state index is 14.2. The molecule has 21 nitrogen and oxygen atoms in total. The molecule has 1 aliphatic carbocycles. The van der Waals surface area contributed by atoms with Crippen molar-refractivity contribution in [1.29, 1.82) is 0 Å². The first-order valence-corrected chi connectivity index (χ1v) is 18.4. The molecule has 2 fully saturated rings. The predicted molar refractivity (Wildman–Crippen MR) is 195 cm³/mol. The van der Waals surface area contributed by atoms with Crippen LogP contribution in [0.3, 0.4) is 0 Å². The van der Waals surface area contributed by atoms with E-state index in [0.29, 0.717) is 0 Å². The van der Waals surface area contributed by atoms with E-state index in [1.54, 1.807) is 20.8 Å². The SMILES string of the molecule is CN[C@]1(C(=O)OC(C)(C)C)[C@@H](O)[C@@H](O[C@@H]2[C@@H](O)[C@H](O[C@H]3OC(C(N)C(O)C(C)O)=CC[C@H]3N)[C@@H](N)C[C@]2(N)C(=O)C(O)C(N)C(=O)OC(C)(C)C)OC[C@]1(C)O. The zero-order chi connectivity index (χ0) is 43.1. The summed E-state index contributed by atoms with van der Waals surface area (Å²) in [6.45, 7) is 11.2. The summed E-state index contributed by atoms with van der Waals surface area (Å²) in [7, 11) is 1.27. The number of hydrogen-bond donors (Lipinski definition) is 12. The van der Waals surface area contributed by atoms with Gasteiger partial charge < -0.3 is 93.0 Å². The van der Waals surface area contributed by atoms with Crippen LogP contribution in [-0.2, 0) is 42.8 Å². The molecule has 2 aliphatic heterocycles. The zero-order valence-corrected chi connectivity index (χ0v) is 33.4. The summed E-state index contributed by atoms with van der Waals surface area (Å²) in [6, 6.07) is -5.44. The number of ether oxygens (including phenoxy) is 6. The predicted octanol–water partition coefficient (Wildman–Crippen LogP) is -5.06. The molecule has 0 aromatic carbocycles. The molecule has 3 rings (SSSR count). The fourth-order valence-corrected chi connectivity index (χ4v) is 6.96. The lowest BCUT2D eigenvalue weighted by Gasteiger charge is -2.54. The smallest absolute Gasteiger partial charge is 0.332 e. The average molecular weight is 809 g/mol. The van der Waals surface area contributed by atoms with Crippen LogP contribution in [0.4, 0.5) is 0 Å². The Morgan fingerprint density at radius 1 is 0.964 bits per heavy atom. The van der Waals surface area contributed by atoms with Crippen molar-refractivity contribution in [2.75, 3.05) is 13.7 Å². The Kier molecular flexibility index (Phi) is 14.9. The summed E-state index contributed by atoms with van der Waals surface area (Å²) in [4.78, 5) is 40.7. The molecule has 5 unspecified atom stereocenters. The Hall–Kier alpha value is -2.45. The highest BCUT2D eigenvalue weighted by Crippen LogP contribution is 2.40. The van der Waals surface area contributed by atoms with Crippen LogP contribution in [0.5, 0.6) is 0 Å². The molecular formula is C35H64N6O15. The summed E-state index contributed by atoms with van der Waals surface area (Å²) in [5.41, 5.74) is 22.4. The van der Waals surface area contributed by atoms with Crippen molar-refractivity contribution >= 4 is 17.7 Å². The van der Waals surface area contributed by atoms with Gasteiger partial charge in [0.1, 0.15) is 70.8 Å². The second-order valence-electron chi connectivity index (χ2n) is 17.1. The van der Waals surface area contributed by atoms with Crippen LogP contribution in [0.1, 0.15) is 68.2 Å². The largest absolute Gasteiger partial charge is 0.466 e. The van der Waals surface area contributed by atoms with Crippen LogP contribution in [0.15, 0.2) is 11.8 Å². The van der Waals surface area contributed by atoms with E-state index in [9.17, 15) is 45.0 Å². The van der Waals surface area contributed by atoms with Gasteiger partial charge in [0, 0.05) is 6.04 Å². The van der Waals surface area contributed by atoms with E-state index in [-0.39, 0.29) is 12.2 Å². The molecule has 0 bridgehead atoms. The van der Waals surface area contributed by atoms with Gasteiger partial charge in [-0.1, -0.05) is 0 Å². The Bertz CT molecular complexity index is 1440. The maximum Gasteiger partial charge on any atom is 0.332 e. The number of hydrogen-bond acceptors (Lipinski definition) is 21. The standard InChI is InChI=1S/C35H64N6O15/c1-14(42)20(43)18(38)17-11-10-15(36)28(52-17)53-23-16(37)12-34(40,24(46)21(44)19(39)27(48)55-31(2,3)4)26(22(23)45)54-29-25(47)35(41-9,33(8,50)13-51-29)30(49)56-32(5,6)7/h11,14-16,18-23,25-26,28-29,41-45,47,50H,10,12-13,36-40H2,1-9H3/t14?,15-,16+,18?,19?,20?,21?,22+,23-,25+,26-,28-,29-,33+,34+,35+/m1/s1. The summed E-state index contributed by atoms with van der Waals surface area (Å²) in [5, 5.41) is 69.3. The lowest BCUT2D eigenvalue weighted by molar-refractivity contribution is -0.323. The van der Waals surface area contributed by atoms with E-state index in [0.717, 1.165) is 0 Å². The minimum absolute atomic E-state index is 0.00991. The lowest BCUT2D eigenvalue weighted by Crippen LogP contribution is -2.80. The summed E-state index contributed by atoms with van der Waals surface area (Å²) < 4.78 is 34.5. The van der Waals surface area contributed by atoms with Gasteiger partial charge in [-0.05, 0) is 81.4 Å². The Labute approximate surface area is 326 Å². The van der Waals surface area contributed by atoms with Gasteiger partial charge in [0.15, 0.2) is 17.6 Å². The normalized spacial score (nSPS) is 38.2. The van der Waals surface area contributed by atoms with Crippen LogP contribution in [-0.4, -0.2) is 169 Å². The van der Waals surface area contributed by atoms with E-state index in [1.165, 1.54) is 47.7 Å². The van der Waals surface area contributed by atoms with E-state index < -0.39 is 138 Å². The van der Waals surface area contributed by atoms with Gasteiger partial charge in [-0.3, -0.25) is 9.59 Å². The number of carbonyl (C=O) groups excluding carboxylic acids is 3. The van der Waals surface area contributed by atoms with Gasteiger partial charge in [-0.2, -0.15) is 0 Å². The first kappa shape index (κ1) is 47.9. The van der Waals surface area contributed by atoms with Gasteiger partial charge in [0.25, 0.3) is 0 Å². The topological polar surface area (TPSA) is 370 Å². The molecule has 1 saturated heterocycles. The van der Waals surface area contributed by atoms with Crippen LogP contribution in [0, 0.1) is 0 Å².